The first-order valence-electron chi connectivity index (χ1n) is 25.3. The Morgan fingerprint density at radius 3 is 2.25 bits per heavy atom. The van der Waals surface area contributed by atoms with Crippen LogP contribution in [0.15, 0.2) is 47.6 Å². The van der Waals surface area contributed by atoms with Crippen LogP contribution >= 0.6 is 0 Å². The maximum atomic E-state index is 14.5. The zero-order valence-electron chi connectivity index (χ0n) is 43.0. The largest absolute Gasteiger partial charge is 0.460 e. The molecule has 2 bridgehead atoms. The van der Waals surface area contributed by atoms with Crippen LogP contribution < -0.4 is 0 Å². The minimum absolute atomic E-state index is 0.00654. The molecule has 15 atom stereocenters. The van der Waals surface area contributed by atoms with Crippen molar-refractivity contribution in [2.75, 3.05) is 41.1 Å². The Hall–Kier alpha value is -3.37. The lowest BCUT2D eigenvalue weighted by Gasteiger charge is -2.42. The van der Waals surface area contributed by atoms with Crippen molar-refractivity contribution >= 4 is 29.2 Å². The zero-order chi connectivity index (χ0) is 50.3. The van der Waals surface area contributed by atoms with Gasteiger partial charge in [-0.15, -0.1) is 0 Å². The van der Waals surface area contributed by atoms with Crippen LogP contribution in [0, 0.1) is 41.4 Å². The number of ether oxygens (including phenoxy) is 6. The van der Waals surface area contributed by atoms with Crippen LogP contribution in [-0.2, 0) is 52.4 Å². The molecule has 3 heterocycles. The van der Waals surface area contributed by atoms with Gasteiger partial charge in [-0.05, 0) is 101 Å². The van der Waals surface area contributed by atoms with E-state index in [1.165, 1.54) is 12.0 Å². The molecule has 3 aliphatic heterocycles. The van der Waals surface area contributed by atoms with E-state index in [2.05, 4.69) is 13.0 Å². The van der Waals surface area contributed by atoms with Gasteiger partial charge < -0.3 is 43.5 Å². The van der Waals surface area contributed by atoms with Crippen molar-refractivity contribution < 1.29 is 62.6 Å². The highest BCUT2D eigenvalue weighted by Crippen LogP contribution is 2.38. The number of nitrogens with zero attached hydrogens (tertiary/aromatic N) is 1. The SMILES string of the molecule is CO[C@H]1C[C@@H]2CC[C@@H](C)[C@@](O)(O2)C(=O)C(=O)N2CCCC[C@H]2C(=O)OC([C@H](C)C[C@@H]2CCC(OCCO)[C@H](OC)C2)CC(=O)[C@H](C)/C=C(\C)[C@@H](C)[C@@H](OC)C(=O)[C@H](C)C[C@H](C)/C=C/C=C/C=C/1C. The number of Topliss-reactive ketones (excluding diaryl/α,β-unsaturated/α-hetero) is 3. The average molecular weight is 956 g/mol. The van der Waals surface area contributed by atoms with Crippen LogP contribution in [-0.4, -0.2) is 134 Å². The number of esters is 1. The molecule has 2 unspecified atom stereocenters. The van der Waals surface area contributed by atoms with E-state index in [1.54, 1.807) is 28.1 Å². The van der Waals surface area contributed by atoms with Crippen LogP contribution in [0.3, 0.4) is 0 Å². The first-order valence-corrected chi connectivity index (χ1v) is 25.3. The fourth-order valence-electron chi connectivity index (χ4n) is 10.7. The van der Waals surface area contributed by atoms with E-state index in [-0.39, 0.29) is 86.0 Å². The van der Waals surface area contributed by atoms with E-state index >= 15 is 0 Å². The third-order valence-corrected chi connectivity index (χ3v) is 15.3. The summed E-state index contributed by atoms with van der Waals surface area (Å²) < 4.78 is 35.9. The number of cyclic esters (lactones) is 1. The molecule has 0 radical (unpaired) electrons. The molecule has 0 aromatic rings. The number of aliphatic hydroxyl groups is 2. The summed E-state index contributed by atoms with van der Waals surface area (Å²) >= 11 is 0. The standard InChI is InChI=1S/C54H85NO13/c1-33-17-13-12-14-18-34(2)46(63-9)31-42-22-20-39(7)54(62,68-42)51(59)52(60)55-24-16-15-19-43(55)53(61)67-47(37(5)29-41-21-23-45(66-26-25-56)48(30-41)64-10)32-44(57)36(4)28-35(3)40(8)50(65-11)49(58)38(6)27-33/h12-14,17-18,28,33,36-43,45-48,50,56,62H,15-16,19-27,29-32H2,1-11H3/b14-12+,17-13+,34-18+,35-28+/t33-,36-,37-,38-,39-,40-,41+,42+,43+,45?,46+,47?,48-,50-,54-/m1/s1. The summed E-state index contributed by atoms with van der Waals surface area (Å²) in [6, 6.07) is -1.11. The van der Waals surface area contributed by atoms with Gasteiger partial charge in [-0.2, -0.15) is 0 Å². The summed E-state index contributed by atoms with van der Waals surface area (Å²) in [7, 11) is 4.78. The number of hydrogen-bond donors (Lipinski definition) is 2. The molecule has 2 N–H and O–H groups in total. The molecule has 384 valence electrons. The van der Waals surface area contributed by atoms with Crippen molar-refractivity contribution in [1.82, 2.24) is 4.90 Å². The highest BCUT2D eigenvalue weighted by atomic mass is 16.6. The Morgan fingerprint density at radius 2 is 1.57 bits per heavy atom. The van der Waals surface area contributed by atoms with Gasteiger partial charge in [-0.3, -0.25) is 19.2 Å². The number of piperidine rings is 1. The monoisotopic (exact) mass is 956 g/mol. The zero-order valence-corrected chi connectivity index (χ0v) is 43.0. The molecule has 0 aromatic heterocycles. The van der Waals surface area contributed by atoms with Crippen LogP contribution in [0.5, 0.6) is 0 Å². The molecule has 3 fully saturated rings. The van der Waals surface area contributed by atoms with Gasteiger partial charge in [0.1, 0.15) is 24.0 Å². The van der Waals surface area contributed by atoms with Crippen molar-refractivity contribution in [3.05, 3.63) is 47.6 Å². The second-order valence-electron chi connectivity index (χ2n) is 20.5. The Balaban J connectivity index is 1.70. The molecule has 2 saturated heterocycles. The minimum Gasteiger partial charge on any atom is -0.460 e. The Bertz CT molecular complexity index is 1810. The van der Waals surface area contributed by atoms with Crippen LogP contribution in [0.2, 0.25) is 0 Å². The van der Waals surface area contributed by atoms with Gasteiger partial charge >= 0.3 is 5.97 Å². The summed E-state index contributed by atoms with van der Waals surface area (Å²) in [5, 5.41) is 21.3. The third-order valence-electron chi connectivity index (χ3n) is 15.3. The molecular weight excluding hydrogens is 871 g/mol. The molecule has 4 rings (SSSR count). The number of aliphatic hydroxyl groups excluding tert-OH is 1. The highest BCUT2D eigenvalue weighted by Gasteiger charge is 2.53. The quantitative estimate of drug-likeness (QED) is 0.132. The van der Waals surface area contributed by atoms with Crippen LogP contribution in [0.25, 0.3) is 0 Å². The van der Waals surface area contributed by atoms with E-state index in [0.717, 1.165) is 24.0 Å². The normalized spacial score (nSPS) is 39.2. The van der Waals surface area contributed by atoms with Gasteiger partial charge in [-0.25, -0.2) is 4.79 Å². The number of ketones is 3. The second kappa shape index (κ2) is 27.3. The Labute approximate surface area is 406 Å². The van der Waals surface area contributed by atoms with Gasteiger partial charge in [0.15, 0.2) is 5.78 Å². The van der Waals surface area contributed by atoms with Crippen LogP contribution in [0.4, 0.5) is 0 Å². The van der Waals surface area contributed by atoms with Crippen molar-refractivity contribution in [3.8, 4) is 0 Å². The number of fused-ring (bicyclic) bond motifs is 3. The Kier molecular flexibility index (Phi) is 23.0. The number of carbonyl (C=O) groups excluding carboxylic acids is 5. The van der Waals surface area contributed by atoms with Gasteiger partial charge in [0.25, 0.3) is 11.7 Å². The van der Waals surface area contributed by atoms with Gasteiger partial charge in [0, 0.05) is 64.4 Å². The van der Waals surface area contributed by atoms with E-state index in [4.69, 9.17) is 28.4 Å². The van der Waals surface area contributed by atoms with Crippen LogP contribution in [0.1, 0.15) is 132 Å². The van der Waals surface area contributed by atoms with E-state index < -0.39 is 65.7 Å². The molecule has 1 saturated carbocycles. The molecule has 14 nitrogen and oxygen atoms in total. The number of methoxy groups -OCH3 is 3. The lowest BCUT2D eigenvalue weighted by atomic mass is 9.78. The summed E-state index contributed by atoms with van der Waals surface area (Å²) in [4.78, 5) is 72.5. The summed E-state index contributed by atoms with van der Waals surface area (Å²) in [6.07, 6.45) is 14.8. The predicted octanol–water partition coefficient (Wildman–Crippen LogP) is 7.47. The maximum absolute atomic E-state index is 14.5. The van der Waals surface area contributed by atoms with Crippen molar-refractivity contribution in [1.29, 1.82) is 0 Å². The molecule has 0 spiro atoms. The second-order valence-corrected chi connectivity index (χ2v) is 20.5. The number of rotatable bonds is 9. The minimum atomic E-state index is -2.42. The number of carbonyl (C=O) groups is 5. The maximum Gasteiger partial charge on any atom is 0.329 e. The average Bonchev–Trinajstić information content (AvgIpc) is 3.32. The fraction of sp³-hybridized carbons (Fsp3) is 0.759. The third kappa shape index (κ3) is 15.3. The van der Waals surface area contributed by atoms with Crippen molar-refractivity contribution in [2.45, 2.75) is 181 Å². The number of amides is 1. The lowest BCUT2D eigenvalue weighted by molar-refractivity contribution is -0.265. The first kappa shape index (κ1) is 57.2. The number of hydrogen-bond acceptors (Lipinski definition) is 13. The Morgan fingerprint density at radius 1 is 0.838 bits per heavy atom. The van der Waals surface area contributed by atoms with E-state index in [9.17, 15) is 34.2 Å². The smallest absolute Gasteiger partial charge is 0.329 e. The van der Waals surface area contributed by atoms with Crippen molar-refractivity contribution in [2.24, 2.45) is 41.4 Å². The molecule has 1 amide bonds. The molecular formula is C54H85NO13. The predicted molar refractivity (Wildman–Crippen MR) is 259 cm³/mol. The molecule has 4 aliphatic rings. The molecule has 1 aliphatic carbocycles. The molecule has 0 aromatic carbocycles. The van der Waals surface area contributed by atoms with Gasteiger partial charge in [0.05, 0.1) is 37.6 Å². The number of allylic oxidation sites excluding steroid dienone is 6. The molecule has 14 heteroatoms. The summed E-state index contributed by atoms with van der Waals surface area (Å²) in [6.45, 7) is 15.5. The first-order chi connectivity index (χ1) is 32.3. The van der Waals surface area contributed by atoms with Gasteiger partial charge in [0.2, 0.25) is 5.79 Å². The van der Waals surface area contributed by atoms with E-state index in [0.29, 0.717) is 51.4 Å². The molecule has 68 heavy (non-hydrogen) atoms. The highest BCUT2D eigenvalue weighted by molar-refractivity contribution is 6.39. The van der Waals surface area contributed by atoms with E-state index in [1.807, 2.05) is 65.0 Å². The van der Waals surface area contributed by atoms with Crippen molar-refractivity contribution in [3.63, 3.8) is 0 Å². The van der Waals surface area contributed by atoms with Gasteiger partial charge in [-0.1, -0.05) is 83.6 Å². The summed E-state index contributed by atoms with van der Waals surface area (Å²) in [5.41, 5.74) is 1.73. The fourth-order valence-corrected chi connectivity index (χ4v) is 10.7. The lowest BCUT2D eigenvalue weighted by Crippen LogP contribution is -2.61. The summed E-state index contributed by atoms with van der Waals surface area (Å²) in [5.74, 6) is -7.32. The topological polar surface area (TPSA) is 184 Å².